The number of nitrogens with one attached hydrogen (secondary N) is 2. The quantitative estimate of drug-likeness (QED) is 0.566. The molecule has 2 heterocycles. The van der Waals surface area contributed by atoms with E-state index >= 15 is 0 Å². The van der Waals surface area contributed by atoms with Crippen molar-refractivity contribution in [3.8, 4) is 0 Å². The highest BCUT2D eigenvalue weighted by atomic mass is 32.2. The molecule has 0 spiro atoms. The van der Waals surface area contributed by atoms with Crippen molar-refractivity contribution in [2.75, 3.05) is 18.4 Å². The number of aromatic amines is 1. The van der Waals surface area contributed by atoms with Crippen molar-refractivity contribution in [3.05, 3.63) is 54.4 Å². The van der Waals surface area contributed by atoms with E-state index in [-0.39, 0.29) is 15.9 Å². The Bertz CT molecular complexity index is 1070. The number of rotatable bonds is 4. The third-order valence-electron chi connectivity index (χ3n) is 5.01. The largest absolute Gasteiger partial charge is 0.376 e. The van der Waals surface area contributed by atoms with Crippen molar-refractivity contribution >= 4 is 44.1 Å². The summed E-state index contributed by atoms with van der Waals surface area (Å²) in [5.41, 5.74) is 8.05. The molecule has 7 nitrogen and oxygen atoms in total. The molecular weight excluding hydrogens is 394 g/mol. The van der Waals surface area contributed by atoms with Gasteiger partial charge < -0.3 is 16.0 Å². The van der Waals surface area contributed by atoms with Crippen LogP contribution in [-0.4, -0.2) is 40.9 Å². The molecule has 2 aromatic carbocycles. The predicted octanol–water partition coefficient (Wildman–Crippen LogP) is 2.79. The molecule has 146 valence electrons. The van der Waals surface area contributed by atoms with Gasteiger partial charge in [0.2, 0.25) is 10.0 Å². The Morgan fingerprint density at radius 2 is 1.82 bits per heavy atom. The van der Waals surface area contributed by atoms with Gasteiger partial charge in [-0.05, 0) is 61.5 Å². The molecule has 1 aliphatic heterocycles. The zero-order valence-electron chi connectivity index (χ0n) is 15.1. The third-order valence-corrected chi connectivity index (χ3v) is 7.02. The van der Waals surface area contributed by atoms with Crippen molar-refractivity contribution in [1.82, 2.24) is 14.3 Å². The van der Waals surface area contributed by atoms with Crippen LogP contribution in [0.5, 0.6) is 0 Å². The Kier molecular flexibility index (Phi) is 5.05. The van der Waals surface area contributed by atoms with E-state index in [0.29, 0.717) is 18.8 Å². The van der Waals surface area contributed by atoms with Gasteiger partial charge in [0.15, 0.2) is 5.11 Å². The summed E-state index contributed by atoms with van der Waals surface area (Å²) in [6, 6.07) is 14.4. The van der Waals surface area contributed by atoms with E-state index in [0.717, 1.165) is 29.7 Å². The number of piperidine rings is 1. The first-order valence-corrected chi connectivity index (χ1v) is 10.9. The summed E-state index contributed by atoms with van der Waals surface area (Å²) < 4.78 is 27.4. The summed E-state index contributed by atoms with van der Waals surface area (Å²) in [6.07, 6.45) is 1.47. The van der Waals surface area contributed by atoms with E-state index in [1.54, 1.807) is 28.6 Å². The fourth-order valence-electron chi connectivity index (χ4n) is 3.54. The molecule has 0 aliphatic carbocycles. The summed E-state index contributed by atoms with van der Waals surface area (Å²) in [5, 5.41) is 2.93. The number of para-hydroxylation sites is 2. The summed E-state index contributed by atoms with van der Waals surface area (Å²) in [4.78, 5) is 8.30. The molecule has 0 radical (unpaired) electrons. The van der Waals surface area contributed by atoms with E-state index in [4.69, 9.17) is 18.0 Å². The van der Waals surface area contributed by atoms with Gasteiger partial charge in [0.05, 0.1) is 15.9 Å². The molecule has 1 aromatic heterocycles. The van der Waals surface area contributed by atoms with Crippen LogP contribution in [0.1, 0.15) is 24.6 Å². The minimum absolute atomic E-state index is 0.142. The fourth-order valence-corrected chi connectivity index (χ4v) is 5.12. The first kappa shape index (κ1) is 18.9. The topological polar surface area (TPSA) is 104 Å². The Morgan fingerprint density at radius 1 is 1.14 bits per heavy atom. The number of benzene rings is 2. The van der Waals surface area contributed by atoms with Crippen molar-refractivity contribution in [2.45, 2.75) is 23.7 Å². The van der Waals surface area contributed by atoms with Crippen LogP contribution in [0, 0.1) is 0 Å². The normalized spacial score (nSPS) is 16.3. The molecule has 0 atom stereocenters. The van der Waals surface area contributed by atoms with Gasteiger partial charge in [-0.25, -0.2) is 13.4 Å². The number of nitrogens with zero attached hydrogens (tertiary/aromatic N) is 2. The number of hydrogen-bond acceptors (Lipinski definition) is 4. The minimum atomic E-state index is -3.53. The number of H-pyrrole nitrogens is 1. The monoisotopic (exact) mass is 415 g/mol. The minimum Gasteiger partial charge on any atom is -0.376 e. The van der Waals surface area contributed by atoms with Crippen LogP contribution in [0.25, 0.3) is 11.0 Å². The summed E-state index contributed by atoms with van der Waals surface area (Å²) in [5.74, 6) is 1.17. The van der Waals surface area contributed by atoms with Crippen LogP contribution in [0.2, 0.25) is 0 Å². The Balaban J connectivity index is 1.45. The van der Waals surface area contributed by atoms with Crippen molar-refractivity contribution in [1.29, 1.82) is 0 Å². The van der Waals surface area contributed by atoms with E-state index in [9.17, 15) is 8.42 Å². The Morgan fingerprint density at radius 3 is 2.46 bits per heavy atom. The van der Waals surface area contributed by atoms with Crippen LogP contribution in [0.3, 0.4) is 0 Å². The molecule has 0 amide bonds. The van der Waals surface area contributed by atoms with Gasteiger partial charge in [-0.1, -0.05) is 12.1 Å². The van der Waals surface area contributed by atoms with E-state index in [2.05, 4.69) is 15.3 Å². The zero-order chi connectivity index (χ0) is 19.7. The first-order chi connectivity index (χ1) is 13.4. The lowest BCUT2D eigenvalue weighted by Gasteiger charge is -2.30. The molecule has 1 aliphatic rings. The Hall–Kier alpha value is -2.49. The predicted molar refractivity (Wildman–Crippen MR) is 114 cm³/mol. The summed E-state index contributed by atoms with van der Waals surface area (Å²) in [6.45, 7) is 0.938. The Labute approximate surface area is 169 Å². The molecular formula is C19H21N5O2S2. The number of anilines is 1. The van der Waals surface area contributed by atoms with Crippen molar-refractivity contribution < 1.29 is 8.42 Å². The van der Waals surface area contributed by atoms with Gasteiger partial charge >= 0.3 is 0 Å². The number of fused-ring (bicyclic) bond motifs is 1. The first-order valence-electron chi connectivity index (χ1n) is 9.05. The number of hydrogen-bond donors (Lipinski definition) is 3. The highest BCUT2D eigenvalue weighted by Gasteiger charge is 2.31. The van der Waals surface area contributed by atoms with Crippen molar-refractivity contribution in [3.63, 3.8) is 0 Å². The van der Waals surface area contributed by atoms with Crippen LogP contribution in [-0.2, 0) is 10.0 Å². The van der Waals surface area contributed by atoms with Gasteiger partial charge in [-0.2, -0.15) is 4.31 Å². The maximum absolute atomic E-state index is 12.9. The van der Waals surface area contributed by atoms with E-state index in [1.165, 1.54) is 0 Å². The average molecular weight is 416 g/mol. The van der Waals surface area contributed by atoms with Gasteiger partial charge in [-0.3, -0.25) is 0 Å². The number of thiocarbonyl (C=S) groups is 1. The third kappa shape index (κ3) is 3.73. The molecule has 28 heavy (non-hydrogen) atoms. The van der Waals surface area contributed by atoms with Crippen LogP contribution in [0.4, 0.5) is 5.69 Å². The zero-order valence-corrected chi connectivity index (χ0v) is 16.8. The number of aromatic nitrogens is 2. The molecule has 9 heteroatoms. The van der Waals surface area contributed by atoms with Gasteiger partial charge in [0.1, 0.15) is 5.82 Å². The molecule has 3 aromatic rings. The molecule has 0 bridgehead atoms. The lowest BCUT2D eigenvalue weighted by atomic mass is 9.97. The van der Waals surface area contributed by atoms with Gasteiger partial charge in [0.25, 0.3) is 0 Å². The maximum atomic E-state index is 12.9. The van der Waals surface area contributed by atoms with Gasteiger partial charge in [-0.15, -0.1) is 0 Å². The smallest absolute Gasteiger partial charge is 0.243 e. The molecule has 0 unspecified atom stereocenters. The SMILES string of the molecule is NC(=S)Nc1ccc(S(=O)(=O)N2CCC(c3nc4ccccc4[nH]3)CC2)cc1. The summed E-state index contributed by atoms with van der Waals surface area (Å²) >= 11 is 4.79. The maximum Gasteiger partial charge on any atom is 0.243 e. The average Bonchev–Trinajstić information content (AvgIpc) is 3.12. The number of sulfonamides is 1. The molecule has 1 fully saturated rings. The number of nitrogens with two attached hydrogens (primary N) is 1. The lowest BCUT2D eigenvalue weighted by Crippen LogP contribution is -2.38. The second-order valence-corrected chi connectivity index (χ2v) is 9.21. The molecule has 1 saturated heterocycles. The van der Waals surface area contributed by atoms with Crippen LogP contribution < -0.4 is 11.1 Å². The molecule has 4 rings (SSSR count). The number of imidazole rings is 1. The van der Waals surface area contributed by atoms with Gasteiger partial charge in [0, 0.05) is 24.7 Å². The highest BCUT2D eigenvalue weighted by Crippen LogP contribution is 2.30. The second kappa shape index (κ2) is 7.50. The van der Waals surface area contributed by atoms with Crippen LogP contribution in [0.15, 0.2) is 53.4 Å². The molecule has 0 saturated carbocycles. The van der Waals surface area contributed by atoms with E-state index < -0.39 is 10.0 Å². The molecule has 4 N–H and O–H groups in total. The highest BCUT2D eigenvalue weighted by molar-refractivity contribution is 7.89. The van der Waals surface area contributed by atoms with Crippen molar-refractivity contribution in [2.24, 2.45) is 5.73 Å². The lowest BCUT2D eigenvalue weighted by molar-refractivity contribution is 0.314. The van der Waals surface area contributed by atoms with E-state index in [1.807, 2.05) is 24.3 Å². The fraction of sp³-hybridized carbons (Fsp3) is 0.263. The standard InChI is InChI=1S/C19H21N5O2S2/c20-19(27)21-14-5-7-15(8-6-14)28(25,26)24-11-9-13(10-12-24)18-22-16-3-1-2-4-17(16)23-18/h1-8,13H,9-12H2,(H,22,23)(H3,20,21,27). The summed E-state index contributed by atoms with van der Waals surface area (Å²) in [7, 11) is -3.53. The second-order valence-electron chi connectivity index (χ2n) is 6.83. The van der Waals surface area contributed by atoms with Crippen LogP contribution >= 0.6 is 12.2 Å².